The van der Waals surface area contributed by atoms with E-state index in [1.54, 1.807) is 30.3 Å². The Bertz CT molecular complexity index is 1190. The van der Waals surface area contributed by atoms with Crippen molar-refractivity contribution in [1.82, 2.24) is 4.72 Å². The molecule has 3 aromatic carbocycles. The van der Waals surface area contributed by atoms with Gasteiger partial charge >= 0.3 is 6.18 Å². The first-order valence-electron chi connectivity index (χ1n) is 9.34. The zero-order chi connectivity index (χ0) is 23.4. The summed E-state index contributed by atoms with van der Waals surface area (Å²) in [4.78, 5) is 12.8. The average Bonchev–Trinajstić information content (AvgIpc) is 2.74. The molecule has 1 amide bonds. The first kappa shape index (κ1) is 23.8. The Morgan fingerprint density at radius 2 is 1.59 bits per heavy atom. The first-order valence-corrected chi connectivity index (χ1v) is 11.2. The number of halogens is 4. The summed E-state index contributed by atoms with van der Waals surface area (Å²) in [6.45, 7) is 0. The molecule has 168 valence electrons. The van der Waals surface area contributed by atoms with Crippen molar-refractivity contribution in [1.29, 1.82) is 0 Å². The summed E-state index contributed by atoms with van der Waals surface area (Å²) < 4.78 is 66.9. The van der Waals surface area contributed by atoms with Gasteiger partial charge in [0.25, 0.3) is 0 Å². The zero-order valence-corrected chi connectivity index (χ0v) is 18.0. The number of hydrogen-bond donors (Lipinski definition) is 2. The van der Waals surface area contributed by atoms with E-state index in [2.05, 4.69) is 10.0 Å². The Hall–Kier alpha value is -2.88. The van der Waals surface area contributed by atoms with Crippen LogP contribution in [0.3, 0.4) is 0 Å². The average molecular weight is 483 g/mol. The van der Waals surface area contributed by atoms with Gasteiger partial charge in [-0.1, -0.05) is 48.0 Å². The molecule has 0 spiro atoms. The third-order valence-electron chi connectivity index (χ3n) is 4.48. The molecule has 0 aliphatic heterocycles. The van der Waals surface area contributed by atoms with Crippen molar-refractivity contribution >= 4 is 33.2 Å². The van der Waals surface area contributed by atoms with Gasteiger partial charge in [-0.15, -0.1) is 0 Å². The molecule has 5 nitrogen and oxygen atoms in total. The van der Waals surface area contributed by atoms with Gasteiger partial charge in [-0.25, -0.2) is 8.42 Å². The third-order valence-corrected chi connectivity index (χ3v) is 6.22. The van der Waals surface area contributed by atoms with E-state index in [-0.39, 0.29) is 17.0 Å². The van der Waals surface area contributed by atoms with E-state index >= 15 is 0 Å². The van der Waals surface area contributed by atoms with Gasteiger partial charge in [0.05, 0.1) is 10.5 Å². The van der Waals surface area contributed by atoms with Gasteiger partial charge in [-0.05, 0) is 54.4 Å². The number of amides is 1. The summed E-state index contributed by atoms with van der Waals surface area (Å²) in [7, 11) is -4.11. The van der Waals surface area contributed by atoms with E-state index in [0.29, 0.717) is 10.6 Å². The van der Waals surface area contributed by atoms with Crippen LogP contribution >= 0.6 is 11.6 Å². The molecule has 0 heterocycles. The van der Waals surface area contributed by atoms with Gasteiger partial charge in [-0.3, -0.25) is 4.79 Å². The van der Waals surface area contributed by atoms with Crippen LogP contribution in [-0.2, 0) is 27.4 Å². The number of hydrogen-bond acceptors (Lipinski definition) is 3. The van der Waals surface area contributed by atoms with Gasteiger partial charge in [0.1, 0.15) is 6.04 Å². The highest BCUT2D eigenvalue weighted by Crippen LogP contribution is 2.30. The first-order chi connectivity index (χ1) is 15.0. The number of alkyl halides is 3. The molecule has 32 heavy (non-hydrogen) atoms. The third kappa shape index (κ3) is 6.32. The Morgan fingerprint density at radius 3 is 2.22 bits per heavy atom. The minimum Gasteiger partial charge on any atom is -0.325 e. The van der Waals surface area contributed by atoms with E-state index in [1.165, 1.54) is 30.3 Å². The van der Waals surface area contributed by atoms with Crippen LogP contribution in [-0.4, -0.2) is 20.4 Å². The zero-order valence-electron chi connectivity index (χ0n) is 16.4. The lowest BCUT2D eigenvalue weighted by Gasteiger charge is -2.19. The molecular formula is C22H18ClF3N2O3S. The topological polar surface area (TPSA) is 75.3 Å². The highest BCUT2D eigenvalue weighted by molar-refractivity contribution is 7.89. The molecule has 0 unspecified atom stereocenters. The molecule has 0 aliphatic carbocycles. The van der Waals surface area contributed by atoms with Crippen molar-refractivity contribution in [3.63, 3.8) is 0 Å². The van der Waals surface area contributed by atoms with Crippen LogP contribution in [0.1, 0.15) is 11.1 Å². The van der Waals surface area contributed by atoms with Gasteiger partial charge in [0, 0.05) is 10.7 Å². The number of rotatable bonds is 7. The molecule has 1 atom stereocenters. The molecule has 0 aliphatic rings. The maximum absolute atomic E-state index is 13.0. The predicted molar refractivity (Wildman–Crippen MR) is 116 cm³/mol. The van der Waals surface area contributed by atoms with E-state index in [1.807, 2.05) is 0 Å². The second kappa shape index (κ2) is 9.72. The summed E-state index contributed by atoms with van der Waals surface area (Å²) in [5.74, 6) is -0.800. The fourth-order valence-electron chi connectivity index (χ4n) is 2.91. The second-order valence-corrected chi connectivity index (χ2v) is 9.04. The summed E-state index contributed by atoms with van der Waals surface area (Å²) in [5, 5.41) is 2.71. The van der Waals surface area contributed by atoms with Crippen molar-refractivity contribution in [2.24, 2.45) is 0 Å². The summed E-state index contributed by atoms with van der Waals surface area (Å²) in [6.07, 6.45) is -4.60. The maximum atomic E-state index is 13.0. The molecule has 3 aromatic rings. The monoisotopic (exact) mass is 482 g/mol. The Kier molecular flexibility index (Phi) is 7.22. The van der Waals surface area contributed by atoms with Gasteiger partial charge in [0.15, 0.2) is 0 Å². The van der Waals surface area contributed by atoms with Crippen molar-refractivity contribution in [3.8, 4) is 0 Å². The molecule has 0 radical (unpaired) electrons. The van der Waals surface area contributed by atoms with E-state index < -0.39 is 33.7 Å². The molecule has 0 saturated heterocycles. The fraction of sp³-hybridized carbons (Fsp3) is 0.136. The standard InChI is InChI=1S/C22H18ClF3N2O3S/c23-17-9-11-19(12-10-17)32(30,31)28-20(13-15-5-2-1-3-6-15)21(29)27-18-8-4-7-16(14-18)22(24,25)26/h1-12,14,20,28H,13H2,(H,27,29)/t20-/m1/s1. The Balaban J connectivity index is 1.87. The lowest BCUT2D eigenvalue weighted by Crippen LogP contribution is -2.45. The lowest BCUT2D eigenvalue weighted by molar-refractivity contribution is -0.137. The van der Waals surface area contributed by atoms with Crippen LogP contribution in [0.5, 0.6) is 0 Å². The van der Waals surface area contributed by atoms with Crippen LogP contribution in [0.4, 0.5) is 18.9 Å². The van der Waals surface area contributed by atoms with E-state index in [0.717, 1.165) is 18.2 Å². The largest absolute Gasteiger partial charge is 0.416 e. The molecule has 0 saturated carbocycles. The molecule has 0 aromatic heterocycles. The highest BCUT2D eigenvalue weighted by atomic mass is 35.5. The maximum Gasteiger partial charge on any atom is 0.416 e. The predicted octanol–water partition coefficient (Wildman–Crippen LogP) is 4.89. The van der Waals surface area contributed by atoms with Crippen LogP contribution in [0.15, 0.2) is 83.8 Å². The second-order valence-electron chi connectivity index (χ2n) is 6.89. The smallest absolute Gasteiger partial charge is 0.325 e. The van der Waals surface area contributed by atoms with Crippen molar-refractivity contribution in [3.05, 3.63) is 95.0 Å². The number of sulfonamides is 1. The molecule has 0 bridgehead atoms. The highest BCUT2D eigenvalue weighted by Gasteiger charge is 2.31. The van der Waals surface area contributed by atoms with E-state index in [4.69, 9.17) is 11.6 Å². The normalized spacial score (nSPS) is 12.9. The van der Waals surface area contributed by atoms with Crippen LogP contribution < -0.4 is 10.0 Å². The molecule has 3 rings (SSSR count). The molecule has 10 heteroatoms. The number of carbonyl (C=O) groups excluding carboxylic acids is 1. The number of benzene rings is 3. The summed E-state index contributed by atoms with van der Waals surface area (Å²) in [5.41, 5.74) is -0.374. The van der Waals surface area contributed by atoms with Crippen LogP contribution in [0.2, 0.25) is 5.02 Å². The van der Waals surface area contributed by atoms with Crippen molar-refractivity contribution in [2.45, 2.75) is 23.5 Å². The van der Waals surface area contributed by atoms with Gasteiger partial charge in [0.2, 0.25) is 15.9 Å². The van der Waals surface area contributed by atoms with Crippen LogP contribution in [0.25, 0.3) is 0 Å². The number of anilines is 1. The van der Waals surface area contributed by atoms with Gasteiger partial charge < -0.3 is 5.32 Å². The van der Waals surface area contributed by atoms with Gasteiger partial charge in [-0.2, -0.15) is 17.9 Å². The molecular weight excluding hydrogens is 465 g/mol. The van der Waals surface area contributed by atoms with Crippen molar-refractivity contribution < 1.29 is 26.4 Å². The minimum absolute atomic E-state index is 0.0154. The van der Waals surface area contributed by atoms with E-state index in [9.17, 15) is 26.4 Å². The lowest BCUT2D eigenvalue weighted by atomic mass is 10.1. The number of carbonyl (C=O) groups is 1. The Labute approximate surface area is 188 Å². The molecule has 2 N–H and O–H groups in total. The quantitative estimate of drug-likeness (QED) is 0.503. The minimum atomic E-state index is -4.58. The fourth-order valence-corrected chi connectivity index (χ4v) is 4.23. The van der Waals surface area contributed by atoms with Crippen molar-refractivity contribution in [2.75, 3.05) is 5.32 Å². The summed E-state index contributed by atoms with van der Waals surface area (Å²) >= 11 is 5.80. The SMILES string of the molecule is O=C(Nc1cccc(C(F)(F)F)c1)[C@@H](Cc1ccccc1)NS(=O)(=O)c1ccc(Cl)cc1. The summed E-state index contributed by atoms with van der Waals surface area (Å²) in [6, 6.07) is 16.8. The number of nitrogens with one attached hydrogen (secondary N) is 2. The molecule has 0 fully saturated rings. The Morgan fingerprint density at radius 1 is 0.938 bits per heavy atom. The van der Waals surface area contributed by atoms with Crippen LogP contribution in [0, 0.1) is 0 Å².